The largest absolute Gasteiger partial charge is 0.346 e. The summed E-state index contributed by atoms with van der Waals surface area (Å²) >= 11 is 0. The predicted molar refractivity (Wildman–Crippen MR) is 71.8 cm³/mol. The molecule has 17 heavy (non-hydrogen) atoms. The normalized spacial score (nSPS) is 11.2. The second-order valence-corrected chi connectivity index (χ2v) is 4.85. The van der Waals surface area contributed by atoms with Crippen LogP contribution in [0.1, 0.15) is 55.0 Å². The zero-order chi connectivity index (χ0) is 13.0. The number of Topliss-reactive ketones (excluding diaryl/α,β-unsaturated/α-hetero) is 1. The van der Waals surface area contributed by atoms with E-state index in [1.807, 2.05) is 13.0 Å². The Bertz CT molecular complexity index is 391. The van der Waals surface area contributed by atoms with E-state index in [9.17, 15) is 4.79 Å². The van der Waals surface area contributed by atoms with Crippen molar-refractivity contribution >= 4 is 5.78 Å². The maximum Gasteiger partial charge on any atom is 0.178 e. The van der Waals surface area contributed by atoms with Crippen LogP contribution >= 0.6 is 0 Å². The second kappa shape index (κ2) is 6.01. The molecule has 0 amide bonds. The van der Waals surface area contributed by atoms with Gasteiger partial charge in [-0.2, -0.15) is 0 Å². The van der Waals surface area contributed by atoms with Gasteiger partial charge in [0.25, 0.3) is 0 Å². The van der Waals surface area contributed by atoms with Crippen molar-refractivity contribution in [1.29, 1.82) is 0 Å². The topological polar surface area (TPSA) is 34.0 Å². The van der Waals surface area contributed by atoms with Gasteiger partial charge in [-0.05, 0) is 46.7 Å². The Morgan fingerprint density at radius 3 is 2.53 bits per heavy atom. The minimum atomic E-state index is 0.193. The van der Waals surface area contributed by atoms with Crippen molar-refractivity contribution in [3.8, 4) is 0 Å². The molecule has 0 atom stereocenters. The lowest BCUT2D eigenvalue weighted by Gasteiger charge is -2.13. The Labute approximate surface area is 104 Å². The Balaban J connectivity index is 2.84. The van der Waals surface area contributed by atoms with Crippen LogP contribution in [-0.4, -0.2) is 23.4 Å². The van der Waals surface area contributed by atoms with Gasteiger partial charge in [-0.25, -0.2) is 0 Å². The van der Waals surface area contributed by atoms with Gasteiger partial charge in [-0.1, -0.05) is 6.92 Å². The van der Waals surface area contributed by atoms with Crippen LogP contribution in [0.2, 0.25) is 0 Å². The number of hydrogen-bond acceptors (Lipinski definition) is 2. The molecular weight excluding hydrogens is 212 g/mol. The third-order valence-corrected chi connectivity index (χ3v) is 3.01. The van der Waals surface area contributed by atoms with Crippen LogP contribution in [0.3, 0.4) is 0 Å². The van der Waals surface area contributed by atoms with Crippen molar-refractivity contribution in [2.45, 2.75) is 47.1 Å². The van der Waals surface area contributed by atoms with Crippen LogP contribution in [0.4, 0.5) is 0 Å². The van der Waals surface area contributed by atoms with Crippen LogP contribution in [0.25, 0.3) is 0 Å². The minimum absolute atomic E-state index is 0.193. The summed E-state index contributed by atoms with van der Waals surface area (Å²) in [7, 11) is 0. The van der Waals surface area contributed by atoms with Gasteiger partial charge >= 0.3 is 0 Å². The quantitative estimate of drug-likeness (QED) is 0.608. The molecule has 0 aliphatic heterocycles. The van der Waals surface area contributed by atoms with Crippen LogP contribution in [0.15, 0.2) is 6.07 Å². The Morgan fingerprint density at radius 2 is 2.06 bits per heavy atom. The Morgan fingerprint density at radius 1 is 1.41 bits per heavy atom. The molecule has 0 spiro atoms. The molecule has 0 saturated heterocycles. The molecule has 1 rings (SSSR count). The average molecular weight is 236 g/mol. The first-order chi connectivity index (χ1) is 7.99. The van der Waals surface area contributed by atoms with Crippen molar-refractivity contribution in [3.05, 3.63) is 23.0 Å². The van der Waals surface area contributed by atoms with E-state index in [-0.39, 0.29) is 5.78 Å². The first-order valence-electron chi connectivity index (χ1n) is 6.41. The molecule has 3 nitrogen and oxygen atoms in total. The summed E-state index contributed by atoms with van der Waals surface area (Å²) in [4.78, 5) is 12.1. The summed E-state index contributed by atoms with van der Waals surface area (Å²) in [6.07, 6.45) is 1.05. The lowest BCUT2D eigenvalue weighted by molar-refractivity contribution is 0.0990. The Hall–Kier alpha value is -1.09. The highest BCUT2D eigenvalue weighted by Gasteiger charge is 2.16. The molecule has 0 aliphatic carbocycles. The zero-order valence-corrected chi connectivity index (χ0v) is 11.6. The Kier molecular flexibility index (Phi) is 4.94. The van der Waals surface area contributed by atoms with E-state index < -0.39 is 0 Å². The summed E-state index contributed by atoms with van der Waals surface area (Å²) < 4.78 is 2.22. The third kappa shape index (κ3) is 3.19. The van der Waals surface area contributed by atoms with E-state index >= 15 is 0 Å². The number of aromatic nitrogens is 1. The number of rotatable bonds is 6. The predicted octanol–water partition coefficient (Wildman–Crippen LogP) is 2.87. The number of nitrogens with one attached hydrogen (secondary N) is 1. The van der Waals surface area contributed by atoms with Crippen molar-refractivity contribution < 1.29 is 4.79 Å². The average Bonchev–Trinajstić information content (AvgIpc) is 2.54. The monoisotopic (exact) mass is 236 g/mol. The van der Waals surface area contributed by atoms with Gasteiger partial charge in [0, 0.05) is 23.0 Å². The van der Waals surface area contributed by atoms with Crippen molar-refractivity contribution in [2.24, 2.45) is 0 Å². The number of hydrogen-bond donors (Lipinski definition) is 1. The van der Waals surface area contributed by atoms with Gasteiger partial charge < -0.3 is 9.88 Å². The fraction of sp³-hybridized carbons (Fsp3) is 0.643. The molecule has 96 valence electrons. The molecule has 3 heteroatoms. The summed E-state index contributed by atoms with van der Waals surface area (Å²) in [6.45, 7) is 11.8. The molecule has 0 bridgehead atoms. The molecule has 0 aliphatic rings. The summed E-state index contributed by atoms with van der Waals surface area (Å²) in [5.74, 6) is 0.193. The molecule has 0 unspecified atom stereocenters. The molecule has 1 N–H and O–H groups in total. The maximum atomic E-state index is 12.1. The molecule has 0 radical (unpaired) electrons. The zero-order valence-electron chi connectivity index (χ0n) is 11.6. The van der Waals surface area contributed by atoms with E-state index in [0.29, 0.717) is 12.6 Å². The fourth-order valence-electron chi connectivity index (χ4n) is 2.33. The number of aryl methyl sites for hydroxylation is 1. The highest BCUT2D eigenvalue weighted by molar-refractivity contribution is 5.99. The van der Waals surface area contributed by atoms with E-state index in [4.69, 9.17) is 0 Å². The smallest absolute Gasteiger partial charge is 0.178 e. The summed E-state index contributed by atoms with van der Waals surface area (Å²) in [5, 5.41) is 3.16. The first kappa shape index (κ1) is 14.0. The van der Waals surface area contributed by atoms with Gasteiger partial charge in [0.15, 0.2) is 5.78 Å². The molecule has 1 aromatic heterocycles. The van der Waals surface area contributed by atoms with Crippen LogP contribution < -0.4 is 5.32 Å². The van der Waals surface area contributed by atoms with E-state index in [2.05, 4.69) is 37.6 Å². The van der Waals surface area contributed by atoms with Gasteiger partial charge in [0.1, 0.15) is 0 Å². The van der Waals surface area contributed by atoms with Crippen molar-refractivity contribution in [3.63, 3.8) is 0 Å². The van der Waals surface area contributed by atoms with E-state index in [1.165, 1.54) is 0 Å². The van der Waals surface area contributed by atoms with Gasteiger partial charge in [0.05, 0.1) is 6.54 Å². The lowest BCUT2D eigenvalue weighted by Crippen LogP contribution is -2.24. The van der Waals surface area contributed by atoms with Gasteiger partial charge in [-0.3, -0.25) is 4.79 Å². The molecule has 0 aromatic carbocycles. The van der Waals surface area contributed by atoms with Gasteiger partial charge in [-0.15, -0.1) is 0 Å². The van der Waals surface area contributed by atoms with Crippen LogP contribution in [0.5, 0.6) is 0 Å². The molecular formula is C14H24N2O. The summed E-state index contributed by atoms with van der Waals surface area (Å²) in [5.41, 5.74) is 3.11. The van der Waals surface area contributed by atoms with E-state index in [1.54, 1.807) is 0 Å². The third-order valence-electron chi connectivity index (χ3n) is 3.01. The number of carbonyl (C=O) groups excluding carboxylic acids is 1. The lowest BCUT2D eigenvalue weighted by atomic mass is 10.1. The molecule has 1 aromatic rings. The molecule has 0 saturated carbocycles. The summed E-state index contributed by atoms with van der Waals surface area (Å²) in [6, 6.07) is 2.41. The minimum Gasteiger partial charge on any atom is -0.346 e. The maximum absolute atomic E-state index is 12.1. The SMILES string of the molecule is CCCNCC(=O)c1cc(C)n(C(C)C)c1C. The second-order valence-electron chi connectivity index (χ2n) is 4.85. The standard InChI is InChI=1S/C14H24N2O/c1-6-7-15-9-14(17)13-8-11(4)16(10(2)3)12(13)5/h8,10,15H,6-7,9H2,1-5H3. The van der Waals surface area contributed by atoms with Crippen molar-refractivity contribution in [1.82, 2.24) is 9.88 Å². The van der Waals surface area contributed by atoms with Crippen LogP contribution in [0, 0.1) is 13.8 Å². The number of ketones is 1. The molecule has 1 heterocycles. The van der Waals surface area contributed by atoms with E-state index in [0.717, 1.165) is 29.9 Å². The van der Waals surface area contributed by atoms with Gasteiger partial charge in [0.2, 0.25) is 0 Å². The highest BCUT2D eigenvalue weighted by atomic mass is 16.1. The first-order valence-corrected chi connectivity index (χ1v) is 6.41. The number of carbonyl (C=O) groups is 1. The molecule has 0 fully saturated rings. The fourth-order valence-corrected chi connectivity index (χ4v) is 2.33. The van der Waals surface area contributed by atoms with Crippen molar-refractivity contribution in [2.75, 3.05) is 13.1 Å². The van der Waals surface area contributed by atoms with Crippen LogP contribution in [-0.2, 0) is 0 Å². The number of nitrogens with zero attached hydrogens (tertiary/aromatic N) is 1. The highest BCUT2D eigenvalue weighted by Crippen LogP contribution is 2.20.